The van der Waals surface area contributed by atoms with Crippen molar-refractivity contribution >= 4 is 22.7 Å². The second-order valence-electron chi connectivity index (χ2n) is 5.68. The molecule has 118 valence electrons. The van der Waals surface area contributed by atoms with Crippen LogP contribution in [0.1, 0.15) is 11.1 Å². The van der Waals surface area contributed by atoms with Crippen molar-refractivity contribution in [2.45, 2.75) is 13.8 Å². The fourth-order valence-corrected chi connectivity index (χ4v) is 2.55. The summed E-state index contributed by atoms with van der Waals surface area (Å²) < 4.78 is 0. The predicted molar refractivity (Wildman–Crippen MR) is 94.1 cm³/mol. The number of aryl methyl sites for hydroxylation is 2. The maximum Gasteiger partial charge on any atom is 0.165 e. The lowest BCUT2D eigenvalue weighted by Crippen LogP contribution is -2.01. The lowest BCUT2D eigenvalue weighted by atomic mass is 10.1. The van der Waals surface area contributed by atoms with Crippen molar-refractivity contribution in [1.82, 2.24) is 24.9 Å². The molecular formula is C18H16N6. The average Bonchev–Trinajstić information content (AvgIpc) is 3.08. The van der Waals surface area contributed by atoms with Gasteiger partial charge in [-0.2, -0.15) is 0 Å². The summed E-state index contributed by atoms with van der Waals surface area (Å²) in [5, 5.41) is 3.40. The van der Waals surface area contributed by atoms with Gasteiger partial charge in [0.25, 0.3) is 0 Å². The van der Waals surface area contributed by atoms with Gasteiger partial charge in [-0.05, 0) is 43.2 Å². The van der Waals surface area contributed by atoms with E-state index in [4.69, 9.17) is 0 Å². The van der Waals surface area contributed by atoms with E-state index in [-0.39, 0.29) is 0 Å². The molecule has 4 aromatic rings. The molecule has 4 rings (SSSR count). The summed E-state index contributed by atoms with van der Waals surface area (Å²) in [6, 6.07) is 10.1. The Morgan fingerprint density at radius 1 is 1.08 bits per heavy atom. The number of nitrogens with one attached hydrogen (secondary N) is 2. The molecule has 0 radical (unpaired) electrons. The monoisotopic (exact) mass is 316 g/mol. The minimum absolute atomic E-state index is 0.604. The molecule has 3 heterocycles. The zero-order valence-electron chi connectivity index (χ0n) is 13.4. The van der Waals surface area contributed by atoms with Crippen molar-refractivity contribution < 1.29 is 0 Å². The van der Waals surface area contributed by atoms with Gasteiger partial charge in [-0.1, -0.05) is 12.1 Å². The van der Waals surface area contributed by atoms with Crippen LogP contribution in [-0.2, 0) is 0 Å². The van der Waals surface area contributed by atoms with Crippen LogP contribution in [0.15, 0.2) is 49.1 Å². The van der Waals surface area contributed by atoms with E-state index in [0.29, 0.717) is 22.8 Å². The Kier molecular flexibility index (Phi) is 3.42. The molecule has 6 nitrogen and oxygen atoms in total. The summed E-state index contributed by atoms with van der Waals surface area (Å²) in [7, 11) is 0. The maximum absolute atomic E-state index is 4.66. The van der Waals surface area contributed by atoms with Crippen molar-refractivity contribution in [3.05, 3.63) is 60.2 Å². The molecule has 3 aromatic heterocycles. The molecule has 0 bridgehead atoms. The Morgan fingerprint density at radius 3 is 2.83 bits per heavy atom. The molecular weight excluding hydrogens is 300 g/mol. The number of pyridine rings is 1. The van der Waals surface area contributed by atoms with Crippen LogP contribution >= 0.6 is 0 Å². The molecule has 6 heteroatoms. The fourth-order valence-electron chi connectivity index (χ4n) is 2.55. The summed E-state index contributed by atoms with van der Waals surface area (Å²) >= 11 is 0. The molecule has 0 aliphatic heterocycles. The highest BCUT2D eigenvalue weighted by molar-refractivity contribution is 5.87. The Bertz CT molecular complexity index is 1010. The quantitative estimate of drug-likeness (QED) is 0.601. The SMILES string of the molecule is Cc1ccc(C)c(Nc2nc(-c3cccnc3)nc3[nH]cnc23)c1. The first-order valence-corrected chi connectivity index (χ1v) is 7.66. The number of anilines is 2. The second kappa shape index (κ2) is 5.73. The van der Waals surface area contributed by atoms with Crippen molar-refractivity contribution in [2.75, 3.05) is 5.32 Å². The van der Waals surface area contributed by atoms with E-state index in [0.717, 1.165) is 16.8 Å². The fraction of sp³-hybridized carbons (Fsp3) is 0.111. The normalized spacial score (nSPS) is 10.9. The number of hydrogen-bond acceptors (Lipinski definition) is 5. The molecule has 0 amide bonds. The lowest BCUT2D eigenvalue weighted by molar-refractivity contribution is 1.19. The molecule has 0 aliphatic rings. The first-order valence-electron chi connectivity index (χ1n) is 7.66. The van der Waals surface area contributed by atoms with Crippen LogP contribution in [0.25, 0.3) is 22.6 Å². The molecule has 0 fully saturated rings. The van der Waals surface area contributed by atoms with Gasteiger partial charge in [0.2, 0.25) is 0 Å². The Hall–Kier alpha value is -3.28. The van der Waals surface area contributed by atoms with Gasteiger partial charge < -0.3 is 10.3 Å². The van der Waals surface area contributed by atoms with Gasteiger partial charge in [0, 0.05) is 23.6 Å². The molecule has 0 aliphatic carbocycles. The standard InChI is InChI=1S/C18H16N6/c1-11-5-6-12(2)14(8-11)22-18-15-17(21-10-20-15)23-16(24-18)13-4-3-7-19-9-13/h3-10H,1-2H3,(H2,20,21,22,23,24). The van der Waals surface area contributed by atoms with Gasteiger partial charge in [0.05, 0.1) is 6.33 Å². The molecule has 0 spiro atoms. The predicted octanol–water partition coefficient (Wildman–Crippen LogP) is 3.78. The van der Waals surface area contributed by atoms with Gasteiger partial charge in [-0.25, -0.2) is 15.0 Å². The summed E-state index contributed by atoms with van der Waals surface area (Å²) in [6.07, 6.45) is 5.10. The number of H-pyrrole nitrogens is 1. The van der Waals surface area contributed by atoms with E-state index in [1.54, 1.807) is 18.7 Å². The van der Waals surface area contributed by atoms with Crippen molar-refractivity contribution in [1.29, 1.82) is 0 Å². The third kappa shape index (κ3) is 2.58. The van der Waals surface area contributed by atoms with Crippen LogP contribution < -0.4 is 5.32 Å². The average molecular weight is 316 g/mol. The molecule has 0 saturated heterocycles. The van der Waals surface area contributed by atoms with Gasteiger partial charge in [0.15, 0.2) is 22.8 Å². The third-order valence-corrected chi connectivity index (χ3v) is 3.84. The van der Waals surface area contributed by atoms with Gasteiger partial charge in [0.1, 0.15) is 0 Å². The first-order chi connectivity index (χ1) is 11.7. The van der Waals surface area contributed by atoms with Crippen LogP contribution in [0.3, 0.4) is 0 Å². The van der Waals surface area contributed by atoms with Crippen LogP contribution in [0, 0.1) is 13.8 Å². The number of nitrogens with zero attached hydrogens (tertiary/aromatic N) is 4. The van der Waals surface area contributed by atoms with Crippen molar-refractivity contribution in [3.8, 4) is 11.4 Å². The topological polar surface area (TPSA) is 79.4 Å². The highest BCUT2D eigenvalue weighted by atomic mass is 15.1. The van der Waals surface area contributed by atoms with E-state index in [1.165, 1.54) is 5.56 Å². The molecule has 0 unspecified atom stereocenters. The summed E-state index contributed by atoms with van der Waals surface area (Å²) in [5.41, 5.74) is 5.60. The van der Waals surface area contributed by atoms with E-state index in [2.05, 4.69) is 62.3 Å². The van der Waals surface area contributed by atoms with Crippen molar-refractivity contribution in [2.24, 2.45) is 0 Å². The van der Waals surface area contributed by atoms with Crippen LogP contribution in [-0.4, -0.2) is 24.9 Å². The number of benzene rings is 1. The lowest BCUT2D eigenvalue weighted by Gasteiger charge is -2.11. The number of imidazole rings is 1. The van der Waals surface area contributed by atoms with Crippen LogP contribution in [0.5, 0.6) is 0 Å². The maximum atomic E-state index is 4.66. The molecule has 1 aromatic carbocycles. The summed E-state index contributed by atoms with van der Waals surface area (Å²) in [6.45, 7) is 4.13. The zero-order chi connectivity index (χ0) is 16.5. The molecule has 2 N–H and O–H groups in total. The minimum atomic E-state index is 0.604. The minimum Gasteiger partial charge on any atom is -0.338 e. The Labute approximate surface area is 139 Å². The number of aromatic nitrogens is 5. The van der Waals surface area contributed by atoms with Gasteiger partial charge in [-0.3, -0.25) is 4.98 Å². The number of hydrogen-bond donors (Lipinski definition) is 2. The van der Waals surface area contributed by atoms with E-state index in [9.17, 15) is 0 Å². The van der Waals surface area contributed by atoms with Crippen LogP contribution in [0.4, 0.5) is 11.5 Å². The molecule has 0 saturated carbocycles. The van der Waals surface area contributed by atoms with E-state index in [1.807, 2.05) is 12.1 Å². The van der Waals surface area contributed by atoms with E-state index < -0.39 is 0 Å². The van der Waals surface area contributed by atoms with E-state index >= 15 is 0 Å². The zero-order valence-corrected chi connectivity index (χ0v) is 13.4. The second-order valence-corrected chi connectivity index (χ2v) is 5.68. The first kappa shape index (κ1) is 14.3. The van der Waals surface area contributed by atoms with Crippen molar-refractivity contribution in [3.63, 3.8) is 0 Å². The summed E-state index contributed by atoms with van der Waals surface area (Å²) in [5.74, 6) is 1.28. The Balaban J connectivity index is 1.85. The molecule has 0 atom stereocenters. The van der Waals surface area contributed by atoms with Gasteiger partial charge in [-0.15, -0.1) is 0 Å². The Morgan fingerprint density at radius 2 is 2.00 bits per heavy atom. The number of rotatable bonds is 3. The highest BCUT2D eigenvalue weighted by Crippen LogP contribution is 2.27. The molecule has 24 heavy (non-hydrogen) atoms. The largest absolute Gasteiger partial charge is 0.338 e. The summed E-state index contributed by atoms with van der Waals surface area (Å²) in [4.78, 5) is 20.7. The number of aromatic amines is 1. The highest BCUT2D eigenvalue weighted by Gasteiger charge is 2.12. The van der Waals surface area contributed by atoms with Gasteiger partial charge >= 0.3 is 0 Å². The number of fused-ring (bicyclic) bond motifs is 1. The third-order valence-electron chi connectivity index (χ3n) is 3.84. The smallest absolute Gasteiger partial charge is 0.165 e. The van der Waals surface area contributed by atoms with Crippen LogP contribution in [0.2, 0.25) is 0 Å².